The van der Waals surface area contributed by atoms with Gasteiger partial charge in [-0.2, -0.15) is 5.26 Å². The lowest BCUT2D eigenvalue weighted by Crippen LogP contribution is -2.47. The third-order valence-electron chi connectivity index (χ3n) is 6.13. The number of anilines is 1. The van der Waals surface area contributed by atoms with Crippen molar-refractivity contribution in [3.63, 3.8) is 0 Å². The number of benzene rings is 2. The quantitative estimate of drug-likeness (QED) is 0.564. The van der Waals surface area contributed by atoms with Crippen molar-refractivity contribution in [2.24, 2.45) is 0 Å². The van der Waals surface area contributed by atoms with Crippen LogP contribution in [-0.2, 0) is 4.79 Å². The summed E-state index contributed by atoms with van der Waals surface area (Å²) in [5.74, 6) is 2.90. The Labute approximate surface area is 208 Å². The monoisotopic (exact) mass is 497 g/mol. The number of fused-ring (bicyclic) bond motifs is 1. The normalized spacial score (nSPS) is 17.5. The number of carbonyl (C=O) groups excluding carboxylic acids is 1. The first-order valence-electron chi connectivity index (χ1n) is 10.8. The second-order valence-corrected chi connectivity index (χ2v) is 8.78. The summed E-state index contributed by atoms with van der Waals surface area (Å²) in [5.41, 5.74) is 2.08. The average molecular weight is 498 g/mol. The minimum atomic E-state index is -0.455. The number of methoxy groups -OCH3 is 5. The highest BCUT2D eigenvalue weighted by Crippen LogP contribution is 2.48. The lowest BCUT2D eigenvalue weighted by Gasteiger charge is -2.42. The Bertz CT molecular complexity index is 1210. The van der Waals surface area contributed by atoms with Gasteiger partial charge in [-0.3, -0.25) is 9.69 Å². The van der Waals surface area contributed by atoms with Gasteiger partial charge in [0.2, 0.25) is 5.91 Å². The van der Waals surface area contributed by atoms with E-state index in [1.807, 2.05) is 23.1 Å². The maximum Gasteiger partial charge on any atom is 0.229 e. The molecule has 1 amide bonds. The highest BCUT2D eigenvalue weighted by atomic mass is 32.2. The molecule has 0 unspecified atom stereocenters. The van der Waals surface area contributed by atoms with E-state index in [0.717, 1.165) is 5.69 Å². The number of nitrogens with zero attached hydrogens (tertiary/aromatic N) is 3. The number of amides is 1. The van der Waals surface area contributed by atoms with Gasteiger partial charge in [-0.05, 0) is 18.2 Å². The van der Waals surface area contributed by atoms with Gasteiger partial charge in [0.15, 0.2) is 11.5 Å². The van der Waals surface area contributed by atoms with Crippen LogP contribution in [0.5, 0.6) is 28.7 Å². The van der Waals surface area contributed by atoms with Crippen molar-refractivity contribution < 1.29 is 28.5 Å². The molecule has 1 saturated heterocycles. The minimum Gasteiger partial charge on any atom is -0.497 e. The van der Waals surface area contributed by atoms with E-state index in [9.17, 15) is 10.1 Å². The molecule has 1 atom stereocenters. The zero-order chi connectivity index (χ0) is 25.1. The molecular formula is C25H27N3O6S. The van der Waals surface area contributed by atoms with Gasteiger partial charge in [-0.15, -0.1) is 0 Å². The van der Waals surface area contributed by atoms with Gasteiger partial charge in [0.1, 0.15) is 17.2 Å². The maximum absolute atomic E-state index is 13.4. The van der Waals surface area contributed by atoms with Crippen LogP contribution in [0.4, 0.5) is 5.69 Å². The Kier molecular flexibility index (Phi) is 7.17. The molecule has 2 aromatic carbocycles. The smallest absolute Gasteiger partial charge is 0.229 e. The molecule has 2 aliphatic heterocycles. The molecule has 9 nitrogen and oxygen atoms in total. The number of ether oxygens (including phenoxy) is 5. The van der Waals surface area contributed by atoms with Crippen molar-refractivity contribution in [2.45, 2.75) is 12.3 Å². The zero-order valence-electron chi connectivity index (χ0n) is 20.3. The van der Waals surface area contributed by atoms with Gasteiger partial charge < -0.3 is 28.6 Å². The first-order valence-corrected chi connectivity index (χ1v) is 11.8. The van der Waals surface area contributed by atoms with E-state index in [1.165, 1.54) is 11.8 Å². The molecule has 2 aliphatic rings. The fourth-order valence-corrected chi connectivity index (χ4v) is 5.51. The van der Waals surface area contributed by atoms with Crippen LogP contribution in [0.25, 0.3) is 0 Å². The van der Waals surface area contributed by atoms with Crippen molar-refractivity contribution in [3.05, 3.63) is 46.5 Å². The van der Waals surface area contributed by atoms with E-state index in [2.05, 4.69) is 6.07 Å². The predicted molar refractivity (Wildman–Crippen MR) is 132 cm³/mol. The fourth-order valence-electron chi connectivity index (χ4n) is 4.35. The second-order valence-electron chi connectivity index (χ2n) is 7.85. The van der Waals surface area contributed by atoms with E-state index in [4.69, 9.17) is 23.7 Å². The van der Waals surface area contributed by atoms with Crippen molar-refractivity contribution in [1.29, 1.82) is 5.26 Å². The summed E-state index contributed by atoms with van der Waals surface area (Å²) in [6.07, 6.45) is 0.131. The third kappa shape index (κ3) is 4.39. The molecule has 35 heavy (non-hydrogen) atoms. The molecule has 0 N–H and O–H groups in total. The van der Waals surface area contributed by atoms with Crippen LogP contribution < -0.4 is 28.6 Å². The number of carbonyl (C=O) groups is 1. The molecule has 0 radical (unpaired) electrons. The first kappa shape index (κ1) is 24.4. The number of rotatable bonds is 7. The summed E-state index contributed by atoms with van der Waals surface area (Å²) in [6.45, 7) is 0.310. The van der Waals surface area contributed by atoms with Crippen molar-refractivity contribution in [1.82, 2.24) is 4.90 Å². The predicted octanol–water partition coefficient (Wildman–Crippen LogP) is 3.95. The Morgan fingerprint density at radius 1 is 0.914 bits per heavy atom. The molecule has 2 heterocycles. The van der Waals surface area contributed by atoms with E-state index >= 15 is 0 Å². The molecule has 0 aliphatic carbocycles. The Balaban J connectivity index is 1.71. The highest BCUT2D eigenvalue weighted by Gasteiger charge is 2.40. The molecule has 2 aromatic rings. The summed E-state index contributed by atoms with van der Waals surface area (Å²) in [5, 5.41) is 10.8. The number of hydrogen-bond donors (Lipinski definition) is 0. The van der Waals surface area contributed by atoms with Crippen LogP contribution in [-0.4, -0.2) is 58.9 Å². The molecule has 0 aromatic heterocycles. The summed E-state index contributed by atoms with van der Waals surface area (Å²) < 4.78 is 27.3. The molecule has 0 spiro atoms. The van der Waals surface area contributed by atoms with Crippen LogP contribution in [0, 0.1) is 11.3 Å². The van der Waals surface area contributed by atoms with Crippen LogP contribution >= 0.6 is 11.8 Å². The zero-order valence-corrected chi connectivity index (χ0v) is 21.1. The number of thioether (sulfide) groups is 1. The Morgan fingerprint density at radius 3 is 2.23 bits per heavy atom. The van der Waals surface area contributed by atoms with E-state index < -0.39 is 5.92 Å². The molecule has 1 fully saturated rings. The highest BCUT2D eigenvalue weighted by molar-refractivity contribution is 8.03. The lowest BCUT2D eigenvalue weighted by molar-refractivity contribution is -0.129. The SMILES string of the molecule is COc1ccc(N2CSC3=C(C#N)[C@@H](c4cc(OC)c(OC)cc4OC)CC(=O)N3C2)c(OC)c1. The van der Waals surface area contributed by atoms with Crippen LogP contribution in [0.2, 0.25) is 0 Å². The van der Waals surface area contributed by atoms with Gasteiger partial charge in [0.25, 0.3) is 0 Å². The number of hydrogen-bond acceptors (Lipinski definition) is 9. The molecule has 0 bridgehead atoms. The largest absolute Gasteiger partial charge is 0.497 e. The van der Waals surface area contributed by atoms with Crippen LogP contribution in [0.15, 0.2) is 40.9 Å². The Morgan fingerprint density at radius 2 is 1.60 bits per heavy atom. The van der Waals surface area contributed by atoms with Gasteiger partial charge in [-0.25, -0.2) is 0 Å². The first-order chi connectivity index (χ1) is 17.0. The van der Waals surface area contributed by atoms with Gasteiger partial charge in [0, 0.05) is 30.0 Å². The lowest BCUT2D eigenvalue weighted by atomic mass is 9.85. The molecular weight excluding hydrogens is 470 g/mol. The van der Waals surface area contributed by atoms with E-state index in [1.54, 1.807) is 52.6 Å². The average Bonchev–Trinajstić information content (AvgIpc) is 2.91. The minimum absolute atomic E-state index is 0.0782. The van der Waals surface area contributed by atoms with Crippen LogP contribution in [0.1, 0.15) is 17.9 Å². The summed E-state index contributed by atoms with van der Waals surface area (Å²) >= 11 is 1.45. The molecule has 0 saturated carbocycles. The van der Waals surface area contributed by atoms with E-state index in [0.29, 0.717) is 57.5 Å². The molecule has 10 heteroatoms. The van der Waals surface area contributed by atoms with Crippen LogP contribution in [0.3, 0.4) is 0 Å². The maximum atomic E-state index is 13.4. The number of nitriles is 1. The van der Waals surface area contributed by atoms with Crippen molar-refractivity contribution >= 4 is 23.4 Å². The standard InChI is InChI=1S/C25H27N3O6S/c1-30-15-6-7-19(21(8-15)32-3)27-13-28-24(29)10-16(18(12-26)25(28)35-14-27)17-9-22(33-4)23(34-5)11-20(17)31-2/h6-9,11,16H,10,13-14H2,1-5H3/t16-/m1/s1. The van der Waals surface area contributed by atoms with Gasteiger partial charge >= 0.3 is 0 Å². The summed E-state index contributed by atoms with van der Waals surface area (Å²) in [4.78, 5) is 17.1. The fraction of sp³-hybridized carbons (Fsp3) is 0.360. The second kappa shape index (κ2) is 10.3. The van der Waals surface area contributed by atoms with Crippen molar-refractivity contribution in [3.8, 4) is 34.8 Å². The van der Waals surface area contributed by atoms with Gasteiger partial charge in [-0.1, -0.05) is 11.8 Å². The molecule has 4 rings (SSSR count). The summed E-state index contributed by atoms with van der Waals surface area (Å²) in [7, 11) is 7.84. The summed E-state index contributed by atoms with van der Waals surface area (Å²) in [6, 6.07) is 11.4. The Hall–Kier alpha value is -3.71. The van der Waals surface area contributed by atoms with Crippen molar-refractivity contribution in [2.75, 3.05) is 53.0 Å². The topological polar surface area (TPSA) is 93.5 Å². The number of allylic oxidation sites excluding steroid dienone is 1. The third-order valence-corrected chi connectivity index (χ3v) is 7.29. The van der Waals surface area contributed by atoms with Gasteiger partial charge in [0.05, 0.1) is 70.5 Å². The van der Waals surface area contributed by atoms with E-state index in [-0.39, 0.29) is 12.3 Å². The molecule has 184 valence electrons.